The topological polar surface area (TPSA) is 62.4 Å². The van der Waals surface area contributed by atoms with Gasteiger partial charge in [0.1, 0.15) is 0 Å². The number of benzene rings is 1. The Bertz CT molecular complexity index is 453. The summed E-state index contributed by atoms with van der Waals surface area (Å²) in [5, 5.41) is 3.24. The molecule has 0 aliphatic heterocycles. The summed E-state index contributed by atoms with van der Waals surface area (Å²) in [6, 6.07) is 6.48. The molecule has 0 aromatic heterocycles. The summed E-state index contributed by atoms with van der Waals surface area (Å²) in [6.45, 7) is 2.06. The molecule has 0 radical (unpaired) electrons. The standard InChI is InChI=1S/C14H21BrN4/c1-10-9-12(7-8-13(10)15)18-14(19-16)17-11-5-3-2-4-6-11/h7-9,11H,2-6,16H2,1H3,(H2,17,18,19). The van der Waals surface area contributed by atoms with Crippen molar-refractivity contribution in [2.45, 2.75) is 45.1 Å². The maximum absolute atomic E-state index is 5.55. The second kappa shape index (κ2) is 6.91. The van der Waals surface area contributed by atoms with E-state index in [0.717, 1.165) is 23.0 Å². The number of aliphatic imine (C=N–C) groups is 1. The van der Waals surface area contributed by atoms with Crippen LogP contribution in [0.3, 0.4) is 0 Å². The lowest BCUT2D eigenvalue weighted by Gasteiger charge is -2.19. The molecule has 0 atom stereocenters. The Labute approximate surface area is 123 Å². The summed E-state index contributed by atoms with van der Waals surface area (Å²) in [7, 11) is 0. The van der Waals surface area contributed by atoms with Crippen LogP contribution in [0.1, 0.15) is 37.7 Å². The number of rotatable bonds is 2. The SMILES string of the molecule is Cc1cc(NC(=NC2CCCCC2)NN)ccc1Br. The number of guanidine groups is 1. The van der Waals surface area contributed by atoms with Gasteiger partial charge in [-0.25, -0.2) is 10.8 Å². The lowest BCUT2D eigenvalue weighted by molar-refractivity contribution is 0.442. The molecule has 1 aliphatic carbocycles. The van der Waals surface area contributed by atoms with Crippen LogP contribution in [0.4, 0.5) is 5.69 Å². The molecule has 1 aliphatic rings. The number of nitrogens with two attached hydrogens (primary N) is 1. The van der Waals surface area contributed by atoms with Gasteiger partial charge in [0.05, 0.1) is 6.04 Å². The molecular formula is C14H21BrN4. The normalized spacial score (nSPS) is 17.3. The average Bonchev–Trinajstić information content (AvgIpc) is 2.43. The third kappa shape index (κ3) is 4.21. The number of nitrogens with one attached hydrogen (secondary N) is 2. The van der Waals surface area contributed by atoms with E-state index in [-0.39, 0.29) is 0 Å². The Morgan fingerprint density at radius 2 is 2.05 bits per heavy atom. The van der Waals surface area contributed by atoms with Crippen LogP contribution in [-0.4, -0.2) is 12.0 Å². The van der Waals surface area contributed by atoms with Crippen molar-refractivity contribution in [1.29, 1.82) is 0 Å². The van der Waals surface area contributed by atoms with Gasteiger partial charge in [-0.2, -0.15) is 0 Å². The third-order valence-corrected chi connectivity index (χ3v) is 4.33. The molecule has 2 rings (SSSR count). The second-order valence-electron chi connectivity index (χ2n) is 5.00. The first-order valence-corrected chi connectivity index (χ1v) is 7.56. The highest BCUT2D eigenvalue weighted by molar-refractivity contribution is 9.10. The number of hydrogen-bond acceptors (Lipinski definition) is 2. The number of aryl methyl sites for hydroxylation is 1. The minimum absolute atomic E-state index is 0.392. The van der Waals surface area contributed by atoms with Crippen molar-refractivity contribution < 1.29 is 0 Å². The number of halogens is 1. The van der Waals surface area contributed by atoms with Gasteiger partial charge >= 0.3 is 0 Å². The summed E-state index contributed by atoms with van der Waals surface area (Å²) in [4.78, 5) is 4.66. The molecule has 1 aromatic carbocycles. The average molecular weight is 325 g/mol. The largest absolute Gasteiger partial charge is 0.325 e. The van der Waals surface area contributed by atoms with Crippen molar-refractivity contribution in [3.63, 3.8) is 0 Å². The molecule has 4 N–H and O–H groups in total. The van der Waals surface area contributed by atoms with Crippen molar-refractivity contribution in [3.8, 4) is 0 Å². The molecule has 19 heavy (non-hydrogen) atoms. The van der Waals surface area contributed by atoms with E-state index in [2.05, 4.69) is 44.7 Å². The lowest BCUT2D eigenvalue weighted by atomic mass is 9.96. The van der Waals surface area contributed by atoms with Crippen molar-refractivity contribution >= 4 is 27.6 Å². The van der Waals surface area contributed by atoms with Gasteiger partial charge in [-0.3, -0.25) is 5.43 Å². The molecular weight excluding hydrogens is 304 g/mol. The van der Waals surface area contributed by atoms with Gasteiger partial charge in [-0.15, -0.1) is 0 Å². The van der Waals surface area contributed by atoms with Gasteiger partial charge < -0.3 is 5.32 Å². The second-order valence-corrected chi connectivity index (χ2v) is 5.86. The molecule has 1 fully saturated rings. The van der Waals surface area contributed by atoms with Crippen LogP contribution >= 0.6 is 15.9 Å². The molecule has 0 saturated heterocycles. The highest BCUT2D eigenvalue weighted by Gasteiger charge is 2.13. The zero-order valence-corrected chi connectivity index (χ0v) is 12.8. The molecule has 0 amide bonds. The molecule has 5 heteroatoms. The molecule has 1 saturated carbocycles. The summed E-state index contributed by atoms with van der Waals surface area (Å²) in [5.74, 6) is 6.20. The van der Waals surface area contributed by atoms with Crippen molar-refractivity contribution in [2.75, 3.05) is 5.32 Å². The fourth-order valence-electron chi connectivity index (χ4n) is 2.36. The van der Waals surface area contributed by atoms with Crippen LogP contribution in [0.2, 0.25) is 0 Å². The van der Waals surface area contributed by atoms with E-state index in [1.807, 2.05) is 12.1 Å². The molecule has 4 nitrogen and oxygen atoms in total. The lowest BCUT2D eigenvalue weighted by Crippen LogP contribution is -2.37. The first kappa shape index (κ1) is 14.3. The van der Waals surface area contributed by atoms with Gasteiger partial charge in [-0.05, 0) is 43.5 Å². The monoisotopic (exact) mass is 324 g/mol. The quantitative estimate of drug-likeness (QED) is 0.338. The van der Waals surface area contributed by atoms with E-state index in [4.69, 9.17) is 5.84 Å². The molecule has 0 bridgehead atoms. The zero-order valence-electron chi connectivity index (χ0n) is 11.2. The Morgan fingerprint density at radius 3 is 2.68 bits per heavy atom. The fraction of sp³-hybridized carbons (Fsp3) is 0.500. The minimum Gasteiger partial charge on any atom is -0.325 e. The van der Waals surface area contributed by atoms with Crippen LogP contribution in [0.5, 0.6) is 0 Å². The molecule has 104 valence electrons. The fourth-order valence-corrected chi connectivity index (χ4v) is 2.60. The van der Waals surface area contributed by atoms with Crippen molar-refractivity contribution in [3.05, 3.63) is 28.2 Å². The van der Waals surface area contributed by atoms with E-state index < -0.39 is 0 Å². The van der Waals surface area contributed by atoms with Crippen LogP contribution < -0.4 is 16.6 Å². The highest BCUT2D eigenvalue weighted by Crippen LogP contribution is 2.22. The zero-order chi connectivity index (χ0) is 13.7. The summed E-state index contributed by atoms with van der Waals surface area (Å²) < 4.78 is 1.10. The molecule has 0 heterocycles. The van der Waals surface area contributed by atoms with Gasteiger partial charge in [0.2, 0.25) is 5.96 Å². The molecule has 0 unspecified atom stereocenters. The van der Waals surface area contributed by atoms with Crippen molar-refractivity contribution in [1.82, 2.24) is 5.43 Å². The maximum atomic E-state index is 5.55. The Hall–Kier alpha value is -1.07. The Morgan fingerprint density at radius 1 is 1.32 bits per heavy atom. The highest BCUT2D eigenvalue weighted by atomic mass is 79.9. The van der Waals surface area contributed by atoms with E-state index >= 15 is 0 Å². The van der Waals surface area contributed by atoms with Crippen LogP contribution in [0.25, 0.3) is 0 Å². The summed E-state index contributed by atoms with van der Waals surface area (Å²) in [6.07, 6.45) is 6.18. The minimum atomic E-state index is 0.392. The number of nitrogens with zero attached hydrogens (tertiary/aromatic N) is 1. The van der Waals surface area contributed by atoms with Gasteiger partial charge in [0.15, 0.2) is 0 Å². The number of hydrazine groups is 1. The van der Waals surface area contributed by atoms with Gasteiger partial charge in [0.25, 0.3) is 0 Å². The van der Waals surface area contributed by atoms with Crippen LogP contribution in [-0.2, 0) is 0 Å². The van der Waals surface area contributed by atoms with E-state index in [9.17, 15) is 0 Å². The Balaban J connectivity index is 2.05. The van der Waals surface area contributed by atoms with Gasteiger partial charge in [-0.1, -0.05) is 35.2 Å². The van der Waals surface area contributed by atoms with Crippen LogP contribution in [0.15, 0.2) is 27.7 Å². The maximum Gasteiger partial charge on any atom is 0.210 e. The van der Waals surface area contributed by atoms with Gasteiger partial charge in [0, 0.05) is 10.2 Å². The first-order chi connectivity index (χ1) is 9.19. The smallest absolute Gasteiger partial charge is 0.210 e. The first-order valence-electron chi connectivity index (χ1n) is 6.76. The molecule has 0 spiro atoms. The van der Waals surface area contributed by atoms with Crippen LogP contribution in [0, 0.1) is 6.92 Å². The summed E-state index contributed by atoms with van der Waals surface area (Å²) in [5.41, 5.74) is 4.83. The Kier molecular flexibility index (Phi) is 5.22. The third-order valence-electron chi connectivity index (χ3n) is 3.44. The molecule has 1 aromatic rings. The number of anilines is 1. The van der Waals surface area contributed by atoms with E-state index in [1.165, 1.54) is 24.8 Å². The predicted molar refractivity (Wildman–Crippen MR) is 84.1 cm³/mol. The summed E-state index contributed by atoms with van der Waals surface area (Å²) >= 11 is 3.49. The van der Waals surface area contributed by atoms with Crippen molar-refractivity contribution in [2.24, 2.45) is 10.8 Å². The number of hydrogen-bond donors (Lipinski definition) is 3. The van der Waals surface area contributed by atoms with E-state index in [1.54, 1.807) is 0 Å². The van der Waals surface area contributed by atoms with E-state index in [0.29, 0.717) is 12.0 Å². The predicted octanol–water partition coefficient (Wildman–Crippen LogP) is 3.32.